The molecular weight excluding hydrogens is 414 g/mol. The summed E-state index contributed by atoms with van der Waals surface area (Å²) in [7, 11) is 4.78. The second-order valence-corrected chi connectivity index (χ2v) is 9.04. The Morgan fingerprint density at radius 3 is 2.19 bits per heavy atom. The topological polar surface area (TPSA) is 72.1 Å². The Hall–Kier alpha value is -2.22. The minimum Gasteiger partial charge on any atom is -0.493 e. The number of hydrogen-bond acceptors (Lipinski definition) is 5. The number of thiocarbonyl (C=S) groups is 1. The second kappa shape index (κ2) is 11.4. The van der Waals surface area contributed by atoms with Crippen LogP contribution >= 0.6 is 12.2 Å². The van der Waals surface area contributed by atoms with Crippen molar-refractivity contribution in [3.63, 3.8) is 0 Å². The van der Waals surface area contributed by atoms with Gasteiger partial charge in [-0.15, -0.1) is 0 Å². The first-order valence-corrected chi connectivity index (χ1v) is 11.3. The molecule has 0 spiro atoms. The van der Waals surface area contributed by atoms with Crippen LogP contribution in [0.2, 0.25) is 0 Å². The highest BCUT2D eigenvalue weighted by Crippen LogP contribution is 2.43. The molecule has 31 heavy (non-hydrogen) atoms. The third-order valence-electron chi connectivity index (χ3n) is 5.49. The summed E-state index contributed by atoms with van der Waals surface area (Å²) in [5, 5.41) is 7.08. The fourth-order valence-electron chi connectivity index (χ4n) is 3.84. The van der Waals surface area contributed by atoms with Crippen molar-refractivity contribution in [1.29, 1.82) is 0 Å². The molecule has 0 saturated carbocycles. The van der Waals surface area contributed by atoms with Gasteiger partial charge < -0.3 is 29.7 Å². The third-order valence-corrected chi connectivity index (χ3v) is 5.87. The number of nitrogens with zero attached hydrogens (tertiary/aromatic N) is 1. The molecule has 1 amide bonds. The van der Waals surface area contributed by atoms with Crippen LogP contribution in [0.1, 0.15) is 45.6 Å². The van der Waals surface area contributed by atoms with E-state index >= 15 is 0 Å². The van der Waals surface area contributed by atoms with Gasteiger partial charge in [0.2, 0.25) is 11.7 Å². The Bertz CT molecular complexity index is 744. The normalized spacial score (nSPS) is 18.3. The number of benzene rings is 1. The van der Waals surface area contributed by atoms with Crippen LogP contribution in [0.4, 0.5) is 0 Å². The fraction of sp³-hybridized carbons (Fsp3) is 0.652. The third kappa shape index (κ3) is 6.38. The van der Waals surface area contributed by atoms with E-state index in [1.54, 1.807) is 21.3 Å². The summed E-state index contributed by atoms with van der Waals surface area (Å²) < 4.78 is 16.5. The predicted molar refractivity (Wildman–Crippen MR) is 127 cm³/mol. The SMILES string of the molecule is COc1cc([C@H]2CN(C(=S)NC(C)C)C[C@H]2C(=O)NCCC(C)C)cc(OC)c1OC. The number of hydrogen-bond donors (Lipinski definition) is 2. The first-order valence-electron chi connectivity index (χ1n) is 10.8. The second-order valence-electron chi connectivity index (χ2n) is 8.65. The van der Waals surface area contributed by atoms with Gasteiger partial charge in [-0.05, 0) is 56.1 Å². The molecule has 1 aromatic carbocycles. The summed E-state index contributed by atoms with van der Waals surface area (Å²) in [6.45, 7) is 10.3. The molecule has 0 aliphatic carbocycles. The van der Waals surface area contributed by atoms with E-state index in [2.05, 4.69) is 43.2 Å². The molecule has 2 N–H and O–H groups in total. The van der Waals surface area contributed by atoms with Crippen LogP contribution in [0.15, 0.2) is 12.1 Å². The van der Waals surface area contributed by atoms with Crippen molar-refractivity contribution in [1.82, 2.24) is 15.5 Å². The van der Waals surface area contributed by atoms with Crippen LogP contribution in [0.3, 0.4) is 0 Å². The van der Waals surface area contributed by atoms with E-state index in [0.717, 1.165) is 12.0 Å². The highest BCUT2D eigenvalue weighted by atomic mass is 32.1. The summed E-state index contributed by atoms with van der Waals surface area (Å²) in [4.78, 5) is 15.2. The van der Waals surface area contributed by atoms with Crippen molar-refractivity contribution in [2.24, 2.45) is 11.8 Å². The Balaban J connectivity index is 2.35. The summed E-state index contributed by atoms with van der Waals surface area (Å²) in [5.41, 5.74) is 0.966. The van der Waals surface area contributed by atoms with E-state index in [9.17, 15) is 4.79 Å². The molecule has 1 fully saturated rings. The minimum atomic E-state index is -0.234. The van der Waals surface area contributed by atoms with Crippen LogP contribution < -0.4 is 24.8 Å². The van der Waals surface area contributed by atoms with Crippen LogP contribution in [0, 0.1) is 11.8 Å². The first-order chi connectivity index (χ1) is 14.7. The van der Waals surface area contributed by atoms with Gasteiger partial charge in [0.05, 0.1) is 27.2 Å². The maximum Gasteiger partial charge on any atom is 0.225 e. The quantitative estimate of drug-likeness (QED) is 0.559. The van der Waals surface area contributed by atoms with Gasteiger partial charge in [-0.1, -0.05) is 13.8 Å². The number of ether oxygens (including phenoxy) is 3. The lowest BCUT2D eigenvalue weighted by molar-refractivity contribution is -0.124. The maximum absolute atomic E-state index is 13.1. The van der Waals surface area contributed by atoms with Gasteiger partial charge in [0.1, 0.15) is 0 Å². The standard InChI is InChI=1S/C23H37N3O4S/c1-14(2)8-9-24-22(27)18-13-26(23(31)25-15(3)4)12-17(18)16-10-19(28-5)21(30-7)20(11-16)29-6/h10-11,14-15,17-18H,8-9,12-13H2,1-7H3,(H,24,27)(H,25,31)/t17-,18-/m1/s1. The molecule has 7 nitrogen and oxygen atoms in total. The van der Waals surface area contributed by atoms with Crippen molar-refractivity contribution < 1.29 is 19.0 Å². The highest BCUT2D eigenvalue weighted by molar-refractivity contribution is 7.80. The van der Waals surface area contributed by atoms with Gasteiger partial charge in [0.25, 0.3) is 0 Å². The van der Waals surface area contributed by atoms with Crippen LogP contribution in [-0.2, 0) is 4.79 Å². The molecule has 174 valence electrons. The van der Waals surface area contributed by atoms with Crippen molar-refractivity contribution in [3.8, 4) is 17.2 Å². The number of nitrogens with one attached hydrogen (secondary N) is 2. The molecule has 1 aliphatic heterocycles. The fourth-order valence-corrected chi connectivity index (χ4v) is 4.23. The Kier molecular flexibility index (Phi) is 9.22. The summed E-state index contributed by atoms with van der Waals surface area (Å²) in [6.07, 6.45) is 0.949. The lowest BCUT2D eigenvalue weighted by Crippen LogP contribution is -2.42. The lowest BCUT2D eigenvalue weighted by Gasteiger charge is -2.22. The average Bonchev–Trinajstić information content (AvgIpc) is 3.17. The van der Waals surface area contributed by atoms with Gasteiger partial charge >= 0.3 is 0 Å². The number of amides is 1. The van der Waals surface area contributed by atoms with Crippen LogP contribution in [0.25, 0.3) is 0 Å². The Labute approximate surface area is 191 Å². The van der Waals surface area contributed by atoms with Crippen LogP contribution in [-0.4, -0.2) is 62.9 Å². The molecule has 2 atom stereocenters. The van der Waals surface area contributed by atoms with Gasteiger partial charge in [-0.2, -0.15) is 0 Å². The number of methoxy groups -OCH3 is 3. The molecule has 1 aliphatic rings. The number of likely N-dealkylation sites (tertiary alicyclic amines) is 1. The largest absolute Gasteiger partial charge is 0.493 e. The summed E-state index contributed by atoms with van der Waals surface area (Å²) >= 11 is 5.60. The molecule has 0 aromatic heterocycles. The van der Waals surface area contributed by atoms with Crippen molar-refractivity contribution in [2.45, 2.75) is 46.1 Å². The zero-order valence-corrected chi connectivity index (χ0v) is 20.6. The van der Waals surface area contributed by atoms with Crippen molar-refractivity contribution in [3.05, 3.63) is 17.7 Å². The molecule has 1 aromatic rings. The Morgan fingerprint density at radius 2 is 1.71 bits per heavy atom. The average molecular weight is 452 g/mol. The molecule has 1 saturated heterocycles. The van der Waals surface area contributed by atoms with Gasteiger partial charge in [-0.25, -0.2) is 0 Å². The smallest absolute Gasteiger partial charge is 0.225 e. The minimum absolute atomic E-state index is 0.0502. The predicted octanol–water partition coefficient (Wildman–Crippen LogP) is 3.17. The monoisotopic (exact) mass is 451 g/mol. The number of carbonyl (C=O) groups is 1. The van der Waals surface area contributed by atoms with Gasteiger partial charge in [0, 0.05) is 31.6 Å². The molecule has 2 rings (SSSR count). The Morgan fingerprint density at radius 1 is 1.10 bits per heavy atom. The molecule has 0 unspecified atom stereocenters. The van der Waals surface area contributed by atoms with Crippen molar-refractivity contribution in [2.75, 3.05) is 41.0 Å². The highest BCUT2D eigenvalue weighted by Gasteiger charge is 2.40. The van der Waals surface area contributed by atoms with E-state index in [-0.39, 0.29) is 23.8 Å². The number of carbonyl (C=O) groups excluding carboxylic acids is 1. The van der Waals surface area contributed by atoms with Gasteiger partial charge in [-0.3, -0.25) is 4.79 Å². The first kappa shape index (κ1) is 25.0. The summed E-state index contributed by atoms with van der Waals surface area (Å²) in [5.74, 6) is 2.00. The van der Waals surface area contributed by atoms with E-state index in [1.165, 1.54) is 0 Å². The van der Waals surface area contributed by atoms with E-state index in [0.29, 0.717) is 47.9 Å². The zero-order valence-electron chi connectivity index (χ0n) is 19.8. The van der Waals surface area contributed by atoms with E-state index in [4.69, 9.17) is 26.4 Å². The van der Waals surface area contributed by atoms with Crippen LogP contribution in [0.5, 0.6) is 17.2 Å². The van der Waals surface area contributed by atoms with Crippen molar-refractivity contribution >= 4 is 23.2 Å². The van der Waals surface area contributed by atoms with E-state index < -0.39 is 0 Å². The lowest BCUT2D eigenvalue weighted by atomic mass is 9.87. The molecule has 0 radical (unpaired) electrons. The molecule has 8 heteroatoms. The number of rotatable bonds is 9. The van der Waals surface area contributed by atoms with E-state index in [1.807, 2.05) is 12.1 Å². The summed E-state index contributed by atoms with van der Waals surface area (Å²) in [6, 6.07) is 4.09. The maximum atomic E-state index is 13.1. The zero-order chi connectivity index (χ0) is 23.1. The molecule has 1 heterocycles. The van der Waals surface area contributed by atoms with Gasteiger partial charge in [0.15, 0.2) is 16.6 Å². The molecule has 0 bridgehead atoms. The molecular formula is C23H37N3O4S.